The highest BCUT2D eigenvalue weighted by atomic mass is 16.5. The number of aliphatic imine (C=N–C) groups is 1. The van der Waals surface area contributed by atoms with Gasteiger partial charge in [-0.15, -0.1) is 0 Å². The molecule has 0 unspecified atom stereocenters. The fourth-order valence-corrected chi connectivity index (χ4v) is 1.27. The summed E-state index contributed by atoms with van der Waals surface area (Å²) >= 11 is 0. The van der Waals surface area contributed by atoms with E-state index in [0.29, 0.717) is 6.73 Å². The van der Waals surface area contributed by atoms with Gasteiger partial charge in [-0.1, -0.05) is 13.0 Å². The summed E-state index contributed by atoms with van der Waals surface area (Å²) in [5.74, 6) is 0. The monoisotopic (exact) mass is 194 g/mol. The van der Waals surface area contributed by atoms with E-state index < -0.39 is 0 Å². The largest absolute Gasteiger partial charge is 0.361 e. The third-order valence-corrected chi connectivity index (χ3v) is 1.97. The van der Waals surface area contributed by atoms with Crippen molar-refractivity contribution in [1.82, 2.24) is 4.90 Å². The Bertz CT molecular complexity index is 266. The summed E-state index contributed by atoms with van der Waals surface area (Å²) in [6.45, 7) is 7.54. The predicted molar refractivity (Wildman–Crippen MR) is 59.0 cm³/mol. The van der Waals surface area contributed by atoms with Crippen LogP contribution in [-0.2, 0) is 4.74 Å². The molecule has 0 amide bonds. The molecule has 1 heterocycles. The molecule has 3 nitrogen and oxygen atoms in total. The lowest BCUT2D eigenvalue weighted by atomic mass is 10.2. The highest BCUT2D eigenvalue weighted by molar-refractivity contribution is 5.62. The maximum atomic E-state index is 5.41. The number of nitrogens with zero attached hydrogens (tertiary/aromatic N) is 2. The molecule has 0 saturated carbocycles. The SMILES string of the molecule is C/C=C1\N=CN(COCCC)C=C1C. The summed E-state index contributed by atoms with van der Waals surface area (Å²) in [6.07, 6.45) is 6.91. The summed E-state index contributed by atoms with van der Waals surface area (Å²) in [4.78, 5) is 6.26. The highest BCUT2D eigenvalue weighted by Crippen LogP contribution is 2.14. The molecule has 0 aromatic rings. The van der Waals surface area contributed by atoms with E-state index in [4.69, 9.17) is 4.74 Å². The highest BCUT2D eigenvalue weighted by Gasteiger charge is 2.05. The topological polar surface area (TPSA) is 24.8 Å². The Morgan fingerprint density at radius 1 is 1.57 bits per heavy atom. The van der Waals surface area contributed by atoms with Gasteiger partial charge in [0.2, 0.25) is 0 Å². The second-order valence-electron chi connectivity index (χ2n) is 3.28. The van der Waals surface area contributed by atoms with Crippen LogP contribution in [-0.4, -0.2) is 24.6 Å². The number of allylic oxidation sites excluding steroid dienone is 2. The Morgan fingerprint density at radius 2 is 2.36 bits per heavy atom. The van der Waals surface area contributed by atoms with Gasteiger partial charge in [0.15, 0.2) is 0 Å². The molecule has 0 aliphatic carbocycles. The van der Waals surface area contributed by atoms with Crippen LogP contribution in [0.1, 0.15) is 27.2 Å². The molecule has 1 aliphatic rings. The Hall–Kier alpha value is -1.09. The molecule has 0 fully saturated rings. The van der Waals surface area contributed by atoms with Crippen molar-refractivity contribution in [3.8, 4) is 0 Å². The smallest absolute Gasteiger partial charge is 0.123 e. The van der Waals surface area contributed by atoms with Crippen molar-refractivity contribution < 1.29 is 4.74 Å². The average molecular weight is 194 g/mol. The third kappa shape index (κ3) is 3.00. The van der Waals surface area contributed by atoms with Crippen LogP contribution in [0.3, 0.4) is 0 Å². The first kappa shape index (κ1) is 11.0. The van der Waals surface area contributed by atoms with Gasteiger partial charge in [0.05, 0.1) is 12.0 Å². The maximum absolute atomic E-state index is 5.41. The lowest BCUT2D eigenvalue weighted by molar-refractivity contribution is 0.0854. The van der Waals surface area contributed by atoms with Gasteiger partial charge in [0, 0.05) is 12.8 Å². The maximum Gasteiger partial charge on any atom is 0.123 e. The van der Waals surface area contributed by atoms with Crippen LogP contribution < -0.4 is 0 Å². The number of hydrogen-bond donors (Lipinski definition) is 0. The molecule has 0 spiro atoms. The van der Waals surface area contributed by atoms with Gasteiger partial charge < -0.3 is 9.64 Å². The van der Waals surface area contributed by atoms with Crippen LogP contribution in [0.25, 0.3) is 0 Å². The standard InChI is InChI=1S/C11H18N2O/c1-4-6-14-9-13-7-10(3)11(5-2)12-8-13/h5,7-8H,4,6,9H2,1-3H3/b11-5-. The van der Waals surface area contributed by atoms with E-state index in [1.165, 1.54) is 5.57 Å². The molecule has 1 aliphatic heterocycles. The van der Waals surface area contributed by atoms with Crippen LogP contribution in [0, 0.1) is 0 Å². The predicted octanol–water partition coefficient (Wildman–Crippen LogP) is 2.52. The van der Waals surface area contributed by atoms with Gasteiger partial charge in [-0.3, -0.25) is 0 Å². The Morgan fingerprint density at radius 3 is 2.93 bits per heavy atom. The van der Waals surface area contributed by atoms with Gasteiger partial charge in [-0.2, -0.15) is 0 Å². The summed E-state index contributed by atoms with van der Waals surface area (Å²) in [5.41, 5.74) is 2.21. The van der Waals surface area contributed by atoms with Crippen LogP contribution in [0.15, 0.2) is 28.5 Å². The van der Waals surface area contributed by atoms with Gasteiger partial charge in [-0.05, 0) is 25.8 Å². The number of rotatable bonds is 4. The molecule has 3 heteroatoms. The molecule has 0 aromatic carbocycles. The first-order valence-electron chi connectivity index (χ1n) is 5.00. The van der Waals surface area contributed by atoms with E-state index in [2.05, 4.69) is 25.0 Å². The molecular weight excluding hydrogens is 176 g/mol. The molecule has 0 bridgehead atoms. The van der Waals surface area contributed by atoms with Crippen molar-refractivity contribution in [2.75, 3.05) is 13.3 Å². The molecular formula is C11H18N2O. The van der Waals surface area contributed by atoms with Crippen LogP contribution >= 0.6 is 0 Å². The Kier molecular flexibility index (Phi) is 4.40. The lowest BCUT2D eigenvalue weighted by Gasteiger charge is -2.20. The van der Waals surface area contributed by atoms with Crippen molar-refractivity contribution in [2.45, 2.75) is 27.2 Å². The van der Waals surface area contributed by atoms with Crippen LogP contribution in [0.5, 0.6) is 0 Å². The second kappa shape index (κ2) is 5.60. The van der Waals surface area contributed by atoms with Gasteiger partial charge >= 0.3 is 0 Å². The first-order valence-corrected chi connectivity index (χ1v) is 5.00. The quantitative estimate of drug-likeness (QED) is 0.642. The number of hydrogen-bond acceptors (Lipinski definition) is 3. The van der Waals surface area contributed by atoms with E-state index in [0.717, 1.165) is 18.7 Å². The lowest BCUT2D eigenvalue weighted by Crippen LogP contribution is -2.22. The summed E-state index contributed by atoms with van der Waals surface area (Å²) in [5, 5.41) is 0. The minimum atomic E-state index is 0.589. The third-order valence-electron chi connectivity index (χ3n) is 1.97. The molecule has 0 N–H and O–H groups in total. The van der Waals surface area contributed by atoms with Crippen molar-refractivity contribution in [3.05, 3.63) is 23.5 Å². The molecule has 0 saturated heterocycles. The second-order valence-corrected chi connectivity index (χ2v) is 3.28. The zero-order chi connectivity index (χ0) is 10.4. The van der Waals surface area contributed by atoms with E-state index in [9.17, 15) is 0 Å². The molecule has 0 atom stereocenters. The van der Waals surface area contributed by atoms with Crippen LogP contribution in [0.2, 0.25) is 0 Å². The van der Waals surface area contributed by atoms with Crippen LogP contribution in [0.4, 0.5) is 0 Å². The fraction of sp³-hybridized carbons (Fsp3) is 0.545. The molecule has 1 rings (SSSR count). The minimum absolute atomic E-state index is 0.589. The first-order chi connectivity index (χ1) is 6.77. The molecule has 14 heavy (non-hydrogen) atoms. The van der Waals surface area contributed by atoms with E-state index in [1.54, 1.807) is 6.34 Å². The molecule has 78 valence electrons. The van der Waals surface area contributed by atoms with E-state index in [1.807, 2.05) is 17.9 Å². The summed E-state index contributed by atoms with van der Waals surface area (Å²) in [6, 6.07) is 0. The average Bonchev–Trinajstić information content (AvgIpc) is 2.18. The molecule has 0 radical (unpaired) electrons. The summed E-state index contributed by atoms with van der Waals surface area (Å²) < 4.78 is 5.41. The fourth-order valence-electron chi connectivity index (χ4n) is 1.27. The Balaban J connectivity index is 2.44. The van der Waals surface area contributed by atoms with Gasteiger partial charge in [0.1, 0.15) is 6.73 Å². The zero-order valence-corrected chi connectivity index (χ0v) is 9.16. The Labute approximate surface area is 85.8 Å². The van der Waals surface area contributed by atoms with Gasteiger partial charge in [-0.25, -0.2) is 4.99 Å². The number of ether oxygens (including phenoxy) is 1. The van der Waals surface area contributed by atoms with Crippen molar-refractivity contribution in [2.24, 2.45) is 4.99 Å². The normalized spacial score (nSPS) is 18.9. The van der Waals surface area contributed by atoms with Gasteiger partial charge in [0.25, 0.3) is 0 Å². The van der Waals surface area contributed by atoms with Crippen molar-refractivity contribution in [3.63, 3.8) is 0 Å². The van der Waals surface area contributed by atoms with E-state index in [-0.39, 0.29) is 0 Å². The van der Waals surface area contributed by atoms with Crippen molar-refractivity contribution >= 4 is 6.34 Å². The zero-order valence-electron chi connectivity index (χ0n) is 9.16. The van der Waals surface area contributed by atoms with E-state index >= 15 is 0 Å². The minimum Gasteiger partial charge on any atom is -0.361 e. The van der Waals surface area contributed by atoms with Crippen molar-refractivity contribution in [1.29, 1.82) is 0 Å². The molecule has 0 aromatic heterocycles. The summed E-state index contributed by atoms with van der Waals surface area (Å²) in [7, 11) is 0.